The molecule has 1 unspecified atom stereocenters. The van der Waals surface area contributed by atoms with Crippen LogP contribution in [0.3, 0.4) is 0 Å². The molecule has 1 aromatic rings. The van der Waals surface area contributed by atoms with Crippen molar-refractivity contribution in [3.63, 3.8) is 0 Å². The molecule has 0 saturated carbocycles. The number of benzene rings is 1. The van der Waals surface area contributed by atoms with Crippen molar-refractivity contribution in [1.29, 1.82) is 0 Å². The van der Waals surface area contributed by atoms with Crippen LogP contribution in [-0.2, 0) is 9.53 Å². The molecule has 0 saturated heterocycles. The highest BCUT2D eigenvalue weighted by atomic mass is 79.9. The van der Waals surface area contributed by atoms with Gasteiger partial charge < -0.3 is 15.2 Å². The number of para-hydroxylation sites is 1. The molecule has 100 valence electrons. The summed E-state index contributed by atoms with van der Waals surface area (Å²) in [6.07, 6.45) is -1.04. The van der Waals surface area contributed by atoms with E-state index >= 15 is 0 Å². The van der Waals surface area contributed by atoms with Crippen molar-refractivity contribution in [2.24, 2.45) is 0 Å². The molecule has 6 heteroatoms. The molecule has 0 aliphatic heterocycles. The minimum absolute atomic E-state index is 0.0678. The van der Waals surface area contributed by atoms with Crippen molar-refractivity contribution in [2.75, 3.05) is 18.5 Å². The number of halogens is 2. The number of carbonyl (C=O) groups excluding carboxylic acids is 1. The van der Waals surface area contributed by atoms with E-state index in [4.69, 9.17) is 4.74 Å². The maximum absolute atomic E-state index is 13.4. The number of hydrogen-bond donors (Lipinski definition) is 2. The average molecular weight is 320 g/mol. The van der Waals surface area contributed by atoms with Gasteiger partial charge in [-0.3, -0.25) is 4.79 Å². The molecule has 4 nitrogen and oxygen atoms in total. The first kappa shape index (κ1) is 14.9. The molecular weight excluding hydrogens is 305 g/mol. The molecule has 0 spiro atoms. The number of anilines is 1. The summed E-state index contributed by atoms with van der Waals surface area (Å²) in [6, 6.07) is 4.56. The molecule has 0 fully saturated rings. The van der Waals surface area contributed by atoms with Gasteiger partial charge in [0.05, 0.1) is 24.8 Å². The fourth-order valence-corrected chi connectivity index (χ4v) is 1.85. The first-order valence-electron chi connectivity index (χ1n) is 5.56. The van der Waals surface area contributed by atoms with Gasteiger partial charge in [-0.25, -0.2) is 4.39 Å². The highest BCUT2D eigenvalue weighted by molar-refractivity contribution is 9.10. The lowest BCUT2D eigenvalue weighted by atomic mass is 10.2. The van der Waals surface area contributed by atoms with Gasteiger partial charge in [0.15, 0.2) is 0 Å². The minimum atomic E-state index is -0.921. The Hall–Kier alpha value is -1.14. The molecule has 0 heterocycles. The Morgan fingerprint density at radius 2 is 2.33 bits per heavy atom. The van der Waals surface area contributed by atoms with E-state index in [9.17, 15) is 14.3 Å². The Kier molecular flexibility index (Phi) is 6.07. The van der Waals surface area contributed by atoms with E-state index in [1.807, 2.05) is 0 Å². The number of ether oxygens (including phenoxy) is 1. The predicted molar refractivity (Wildman–Crippen MR) is 69.8 cm³/mol. The maximum Gasteiger partial charge on any atom is 0.308 e. The lowest BCUT2D eigenvalue weighted by molar-refractivity contribution is -0.145. The Balaban J connectivity index is 2.47. The average Bonchev–Trinajstić information content (AvgIpc) is 2.28. The predicted octanol–water partition coefficient (Wildman–Crippen LogP) is 2.31. The van der Waals surface area contributed by atoms with Gasteiger partial charge in [-0.1, -0.05) is 6.07 Å². The molecule has 18 heavy (non-hydrogen) atoms. The molecule has 0 radical (unpaired) electrons. The SMILES string of the molecule is CCOC(=O)CC(O)CNc1c(F)cccc1Br. The lowest BCUT2D eigenvalue weighted by Crippen LogP contribution is -2.24. The van der Waals surface area contributed by atoms with E-state index in [-0.39, 0.29) is 25.3 Å². The third-order valence-electron chi connectivity index (χ3n) is 2.18. The summed E-state index contributed by atoms with van der Waals surface area (Å²) in [7, 11) is 0. The van der Waals surface area contributed by atoms with Crippen LogP contribution in [0, 0.1) is 5.82 Å². The first-order chi connectivity index (χ1) is 8.54. The zero-order valence-electron chi connectivity index (χ0n) is 9.95. The van der Waals surface area contributed by atoms with Crippen molar-refractivity contribution in [3.8, 4) is 0 Å². The van der Waals surface area contributed by atoms with E-state index in [0.717, 1.165) is 0 Å². The molecule has 0 aromatic heterocycles. The summed E-state index contributed by atoms with van der Waals surface area (Å²) in [6.45, 7) is 2.04. The van der Waals surface area contributed by atoms with Crippen LogP contribution in [0.25, 0.3) is 0 Å². The van der Waals surface area contributed by atoms with Crippen LogP contribution < -0.4 is 5.32 Å². The van der Waals surface area contributed by atoms with Gasteiger partial charge in [0.2, 0.25) is 0 Å². The normalized spacial score (nSPS) is 12.0. The lowest BCUT2D eigenvalue weighted by Gasteiger charge is -2.13. The van der Waals surface area contributed by atoms with Crippen LogP contribution in [-0.4, -0.2) is 30.3 Å². The van der Waals surface area contributed by atoms with E-state index < -0.39 is 17.9 Å². The van der Waals surface area contributed by atoms with Gasteiger partial charge in [0, 0.05) is 11.0 Å². The molecular formula is C12H15BrFNO3. The molecule has 0 amide bonds. The molecule has 1 rings (SSSR count). The maximum atomic E-state index is 13.4. The standard InChI is InChI=1S/C12H15BrFNO3/c1-2-18-11(17)6-8(16)7-15-12-9(13)4-3-5-10(12)14/h3-5,8,15-16H,2,6-7H2,1H3. The van der Waals surface area contributed by atoms with Gasteiger partial charge in [-0.15, -0.1) is 0 Å². The Labute approximate surface area is 113 Å². The quantitative estimate of drug-likeness (QED) is 0.790. The number of rotatable bonds is 6. The van der Waals surface area contributed by atoms with Gasteiger partial charge >= 0.3 is 5.97 Å². The summed E-state index contributed by atoms with van der Waals surface area (Å²) in [4.78, 5) is 11.1. The van der Waals surface area contributed by atoms with Crippen molar-refractivity contribution >= 4 is 27.6 Å². The Bertz CT molecular complexity index is 394. The Morgan fingerprint density at radius 1 is 1.61 bits per heavy atom. The van der Waals surface area contributed by atoms with Crippen molar-refractivity contribution in [1.82, 2.24) is 0 Å². The highest BCUT2D eigenvalue weighted by Gasteiger charge is 2.13. The number of esters is 1. The summed E-state index contributed by atoms with van der Waals surface area (Å²) < 4.78 is 18.7. The first-order valence-corrected chi connectivity index (χ1v) is 6.35. The van der Waals surface area contributed by atoms with Crippen LogP contribution in [0.1, 0.15) is 13.3 Å². The smallest absolute Gasteiger partial charge is 0.308 e. The second-order valence-electron chi connectivity index (χ2n) is 3.64. The van der Waals surface area contributed by atoms with Crippen LogP contribution in [0.4, 0.5) is 10.1 Å². The molecule has 0 bridgehead atoms. The summed E-state index contributed by atoms with van der Waals surface area (Å²) in [5.74, 6) is -0.896. The van der Waals surface area contributed by atoms with Gasteiger partial charge in [-0.05, 0) is 35.0 Å². The van der Waals surface area contributed by atoms with Crippen LogP contribution in [0.5, 0.6) is 0 Å². The molecule has 0 aliphatic rings. The monoisotopic (exact) mass is 319 g/mol. The second kappa shape index (κ2) is 7.33. The fourth-order valence-electron chi connectivity index (χ4n) is 1.37. The fraction of sp³-hybridized carbons (Fsp3) is 0.417. The number of aliphatic hydroxyl groups excluding tert-OH is 1. The van der Waals surface area contributed by atoms with Crippen molar-refractivity contribution < 1.29 is 19.0 Å². The number of nitrogens with one attached hydrogen (secondary N) is 1. The molecule has 1 aromatic carbocycles. The van der Waals surface area contributed by atoms with Gasteiger partial charge in [0.25, 0.3) is 0 Å². The van der Waals surface area contributed by atoms with Crippen molar-refractivity contribution in [3.05, 3.63) is 28.5 Å². The number of aliphatic hydroxyl groups is 1. The number of hydrogen-bond acceptors (Lipinski definition) is 4. The van der Waals surface area contributed by atoms with Crippen LogP contribution in [0.15, 0.2) is 22.7 Å². The topological polar surface area (TPSA) is 58.6 Å². The van der Waals surface area contributed by atoms with Gasteiger partial charge in [-0.2, -0.15) is 0 Å². The van der Waals surface area contributed by atoms with Crippen LogP contribution in [0.2, 0.25) is 0 Å². The Morgan fingerprint density at radius 3 is 2.94 bits per heavy atom. The largest absolute Gasteiger partial charge is 0.466 e. The minimum Gasteiger partial charge on any atom is -0.466 e. The summed E-state index contributed by atoms with van der Waals surface area (Å²) in [5, 5.41) is 12.3. The van der Waals surface area contributed by atoms with E-state index in [1.165, 1.54) is 6.07 Å². The van der Waals surface area contributed by atoms with Crippen molar-refractivity contribution in [2.45, 2.75) is 19.4 Å². The second-order valence-corrected chi connectivity index (χ2v) is 4.49. The molecule has 1 atom stereocenters. The third kappa shape index (κ3) is 4.62. The zero-order valence-corrected chi connectivity index (χ0v) is 11.5. The summed E-state index contributed by atoms with van der Waals surface area (Å²) in [5.41, 5.74) is 0.264. The third-order valence-corrected chi connectivity index (χ3v) is 2.85. The number of carbonyl (C=O) groups is 1. The van der Waals surface area contributed by atoms with E-state index in [0.29, 0.717) is 4.47 Å². The molecule has 0 aliphatic carbocycles. The highest BCUT2D eigenvalue weighted by Crippen LogP contribution is 2.24. The molecule has 2 N–H and O–H groups in total. The van der Waals surface area contributed by atoms with E-state index in [2.05, 4.69) is 21.2 Å². The van der Waals surface area contributed by atoms with E-state index in [1.54, 1.807) is 19.1 Å². The van der Waals surface area contributed by atoms with Crippen LogP contribution >= 0.6 is 15.9 Å². The zero-order chi connectivity index (χ0) is 13.5. The van der Waals surface area contributed by atoms with Gasteiger partial charge in [0.1, 0.15) is 5.82 Å². The summed E-state index contributed by atoms with van der Waals surface area (Å²) >= 11 is 3.20.